The van der Waals surface area contributed by atoms with E-state index < -0.39 is 12.1 Å². The maximum Gasteiger partial charge on any atom is 0.407 e. The third-order valence-electron chi connectivity index (χ3n) is 2.52. The average Bonchev–Trinajstić information content (AvgIpc) is 2.73. The van der Waals surface area contributed by atoms with Gasteiger partial charge in [-0.3, -0.25) is 4.79 Å². The van der Waals surface area contributed by atoms with Crippen molar-refractivity contribution in [1.82, 2.24) is 14.9 Å². The molecule has 1 rings (SSSR count). The van der Waals surface area contributed by atoms with Gasteiger partial charge in [0.25, 0.3) is 0 Å². The fourth-order valence-electron chi connectivity index (χ4n) is 1.47. The molecule has 0 radical (unpaired) electrons. The molecule has 0 spiro atoms. The molecular formula is C11H17N3O3. The highest BCUT2D eigenvalue weighted by Gasteiger charge is 2.21. The molecule has 0 saturated heterocycles. The van der Waals surface area contributed by atoms with Gasteiger partial charge in [-0.25, -0.2) is 9.78 Å². The average molecular weight is 239 g/mol. The van der Waals surface area contributed by atoms with Crippen molar-refractivity contribution in [2.75, 3.05) is 7.11 Å². The Hall–Kier alpha value is -1.85. The van der Waals surface area contributed by atoms with Crippen LogP contribution in [-0.4, -0.2) is 34.6 Å². The summed E-state index contributed by atoms with van der Waals surface area (Å²) in [4.78, 5) is 27.0. The molecule has 0 bridgehead atoms. The summed E-state index contributed by atoms with van der Waals surface area (Å²) < 4.78 is 6.31. The minimum Gasteiger partial charge on any atom is -0.453 e. The van der Waals surface area contributed by atoms with E-state index in [0.717, 1.165) is 5.82 Å². The second kappa shape index (κ2) is 6.03. The predicted octanol–water partition coefficient (Wildman–Crippen LogP) is 0.666. The van der Waals surface area contributed by atoms with Gasteiger partial charge in [-0.05, 0) is 0 Å². The number of aryl methyl sites for hydroxylation is 1. The van der Waals surface area contributed by atoms with Crippen LogP contribution < -0.4 is 5.32 Å². The molecule has 0 saturated carbocycles. The Morgan fingerprint density at radius 3 is 2.76 bits per heavy atom. The molecule has 94 valence electrons. The maximum atomic E-state index is 11.7. The van der Waals surface area contributed by atoms with E-state index in [1.54, 1.807) is 19.3 Å². The van der Waals surface area contributed by atoms with Gasteiger partial charge < -0.3 is 14.6 Å². The van der Waals surface area contributed by atoms with E-state index in [0.29, 0.717) is 12.8 Å². The third kappa shape index (κ3) is 3.58. The maximum absolute atomic E-state index is 11.7. The molecule has 6 nitrogen and oxygen atoms in total. The van der Waals surface area contributed by atoms with E-state index in [9.17, 15) is 9.59 Å². The van der Waals surface area contributed by atoms with Gasteiger partial charge >= 0.3 is 6.09 Å². The number of hydrogen-bond acceptors (Lipinski definition) is 4. The van der Waals surface area contributed by atoms with Crippen LogP contribution >= 0.6 is 0 Å². The summed E-state index contributed by atoms with van der Waals surface area (Å²) in [6.07, 6.45) is 3.57. The Labute approximate surface area is 100.0 Å². The lowest BCUT2D eigenvalue weighted by molar-refractivity contribution is -0.120. The van der Waals surface area contributed by atoms with E-state index in [1.165, 1.54) is 7.11 Å². The molecule has 1 atom stereocenters. The molecule has 6 heteroatoms. The Morgan fingerprint density at radius 2 is 2.29 bits per heavy atom. The molecule has 0 aromatic carbocycles. The first kappa shape index (κ1) is 13.2. The predicted molar refractivity (Wildman–Crippen MR) is 61.5 cm³/mol. The number of amides is 1. The van der Waals surface area contributed by atoms with Gasteiger partial charge in [0.05, 0.1) is 13.2 Å². The summed E-state index contributed by atoms with van der Waals surface area (Å²) in [5, 5.41) is 2.52. The van der Waals surface area contributed by atoms with Crippen molar-refractivity contribution in [1.29, 1.82) is 0 Å². The third-order valence-corrected chi connectivity index (χ3v) is 2.52. The van der Waals surface area contributed by atoms with Crippen LogP contribution in [0.2, 0.25) is 0 Å². The van der Waals surface area contributed by atoms with Gasteiger partial charge in [-0.2, -0.15) is 0 Å². The van der Waals surface area contributed by atoms with Crippen molar-refractivity contribution in [3.05, 3.63) is 18.2 Å². The molecule has 0 aliphatic heterocycles. The number of Topliss-reactive ketones (excluding diaryl/α,β-unsaturated/α-hetero) is 1. The molecule has 1 amide bonds. The van der Waals surface area contributed by atoms with Crippen LogP contribution in [0.3, 0.4) is 0 Å². The van der Waals surface area contributed by atoms with Crippen LogP contribution in [0.1, 0.15) is 19.2 Å². The Balaban J connectivity index is 2.74. The van der Waals surface area contributed by atoms with Crippen LogP contribution in [0.4, 0.5) is 4.79 Å². The minimum atomic E-state index is -0.606. The molecule has 0 fully saturated rings. The van der Waals surface area contributed by atoms with Gasteiger partial charge in [-0.15, -0.1) is 0 Å². The Morgan fingerprint density at radius 1 is 1.59 bits per heavy atom. The smallest absolute Gasteiger partial charge is 0.407 e. The van der Waals surface area contributed by atoms with E-state index >= 15 is 0 Å². The number of imidazole rings is 1. The number of nitrogens with one attached hydrogen (secondary N) is 1. The highest BCUT2D eigenvalue weighted by molar-refractivity contribution is 5.87. The van der Waals surface area contributed by atoms with Gasteiger partial charge in [-0.1, -0.05) is 6.92 Å². The van der Waals surface area contributed by atoms with Crippen molar-refractivity contribution in [3.8, 4) is 0 Å². The van der Waals surface area contributed by atoms with Crippen molar-refractivity contribution in [3.63, 3.8) is 0 Å². The van der Waals surface area contributed by atoms with Gasteiger partial charge in [0.2, 0.25) is 0 Å². The summed E-state index contributed by atoms with van der Waals surface area (Å²) in [5.74, 6) is 0.701. The monoisotopic (exact) mass is 239 g/mol. The van der Waals surface area contributed by atoms with Gasteiger partial charge in [0, 0.05) is 32.3 Å². The van der Waals surface area contributed by atoms with Crippen molar-refractivity contribution in [2.24, 2.45) is 7.05 Å². The number of carbonyl (C=O) groups is 2. The second-order valence-electron chi connectivity index (χ2n) is 3.67. The lowest BCUT2D eigenvalue weighted by Gasteiger charge is -2.15. The zero-order chi connectivity index (χ0) is 12.8. The quantitative estimate of drug-likeness (QED) is 0.819. The lowest BCUT2D eigenvalue weighted by Crippen LogP contribution is -2.42. The van der Waals surface area contributed by atoms with E-state index in [4.69, 9.17) is 0 Å². The molecule has 17 heavy (non-hydrogen) atoms. The van der Waals surface area contributed by atoms with Crippen LogP contribution in [0.15, 0.2) is 12.4 Å². The minimum absolute atomic E-state index is 0.0431. The van der Waals surface area contributed by atoms with Crippen molar-refractivity contribution < 1.29 is 14.3 Å². The number of nitrogens with zero attached hydrogens (tertiary/aromatic N) is 2. The number of methoxy groups -OCH3 is 1. The number of rotatable bonds is 5. The number of alkyl carbamates (subject to hydrolysis) is 1. The topological polar surface area (TPSA) is 73.2 Å². The molecular weight excluding hydrogens is 222 g/mol. The molecule has 1 heterocycles. The molecule has 0 unspecified atom stereocenters. The Bertz CT molecular complexity index is 400. The van der Waals surface area contributed by atoms with E-state index in [1.807, 2.05) is 11.6 Å². The first-order valence-corrected chi connectivity index (χ1v) is 5.41. The Kier molecular flexibility index (Phi) is 4.68. The summed E-state index contributed by atoms with van der Waals surface area (Å²) in [7, 11) is 3.11. The number of ether oxygens (including phenoxy) is 1. The fourth-order valence-corrected chi connectivity index (χ4v) is 1.47. The summed E-state index contributed by atoms with van der Waals surface area (Å²) in [6, 6.07) is -0.589. The summed E-state index contributed by atoms with van der Waals surface area (Å²) >= 11 is 0. The van der Waals surface area contributed by atoms with Crippen LogP contribution in [-0.2, 0) is 23.0 Å². The summed E-state index contributed by atoms with van der Waals surface area (Å²) in [6.45, 7) is 1.76. The normalized spacial score (nSPS) is 11.9. The van der Waals surface area contributed by atoms with Crippen molar-refractivity contribution in [2.45, 2.75) is 25.8 Å². The highest BCUT2D eigenvalue weighted by Crippen LogP contribution is 2.03. The number of hydrogen-bond donors (Lipinski definition) is 1. The standard InChI is InChI=1S/C11H17N3O3/c1-4-9(15)8(13-11(16)17-3)7-10-12-5-6-14(10)2/h5-6,8H,4,7H2,1-3H3,(H,13,16)/t8-/m0/s1. The SMILES string of the molecule is CCC(=O)[C@H](Cc1nccn1C)NC(=O)OC. The lowest BCUT2D eigenvalue weighted by atomic mass is 10.1. The number of carbonyl (C=O) groups excluding carboxylic acids is 2. The molecule has 1 N–H and O–H groups in total. The first-order chi connectivity index (χ1) is 8.08. The molecule has 0 aliphatic rings. The second-order valence-corrected chi connectivity index (χ2v) is 3.67. The summed E-state index contributed by atoms with van der Waals surface area (Å²) in [5.41, 5.74) is 0. The van der Waals surface area contributed by atoms with E-state index in [-0.39, 0.29) is 5.78 Å². The van der Waals surface area contributed by atoms with E-state index in [2.05, 4.69) is 15.0 Å². The zero-order valence-electron chi connectivity index (χ0n) is 10.3. The van der Waals surface area contributed by atoms with Crippen LogP contribution in [0.5, 0.6) is 0 Å². The zero-order valence-corrected chi connectivity index (χ0v) is 10.3. The largest absolute Gasteiger partial charge is 0.453 e. The number of aromatic nitrogens is 2. The highest BCUT2D eigenvalue weighted by atomic mass is 16.5. The molecule has 1 aromatic rings. The molecule has 1 aromatic heterocycles. The van der Waals surface area contributed by atoms with Gasteiger partial charge in [0.15, 0.2) is 5.78 Å². The first-order valence-electron chi connectivity index (χ1n) is 5.41. The van der Waals surface area contributed by atoms with Gasteiger partial charge in [0.1, 0.15) is 5.82 Å². The van der Waals surface area contributed by atoms with Crippen molar-refractivity contribution >= 4 is 11.9 Å². The molecule has 0 aliphatic carbocycles. The fraction of sp³-hybridized carbons (Fsp3) is 0.545. The van der Waals surface area contributed by atoms with Crippen LogP contribution in [0.25, 0.3) is 0 Å². The van der Waals surface area contributed by atoms with Crippen LogP contribution in [0, 0.1) is 0 Å². The number of ketones is 1.